The number of hydrogen-bond donors (Lipinski definition) is 4. The maximum Gasteiger partial charge on any atom is 0.251 e. The Balaban J connectivity index is 1.76. The minimum absolute atomic E-state index is 0.0499. The van der Waals surface area contributed by atoms with Crippen LogP contribution in [0.2, 0.25) is 0 Å². The summed E-state index contributed by atoms with van der Waals surface area (Å²) in [5, 5.41) is 14.9. The number of carbonyl (C=O) groups excluding carboxylic acids is 3. The van der Waals surface area contributed by atoms with Crippen molar-refractivity contribution >= 4 is 17.7 Å². The van der Waals surface area contributed by atoms with Crippen molar-refractivity contribution in [3.05, 3.63) is 102 Å². The third-order valence-electron chi connectivity index (χ3n) is 4.75. The van der Waals surface area contributed by atoms with Crippen molar-refractivity contribution in [2.24, 2.45) is 5.73 Å². The van der Waals surface area contributed by atoms with Crippen LogP contribution < -0.4 is 16.4 Å². The van der Waals surface area contributed by atoms with Crippen molar-refractivity contribution in [2.45, 2.75) is 18.5 Å². The zero-order valence-corrected chi connectivity index (χ0v) is 16.7. The molecule has 0 heterocycles. The van der Waals surface area contributed by atoms with Gasteiger partial charge in [-0.05, 0) is 35.4 Å². The summed E-state index contributed by atoms with van der Waals surface area (Å²) in [4.78, 5) is 37.3. The summed E-state index contributed by atoms with van der Waals surface area (Å²) < 4.78 is 0. The van der Waals surface area contributed by atoms with Gasteiger partial charge in [0.2, 0.25) is 11.8 Å². The van der Waals surface area contributed by atoms with E-state index in [1.165, 1.54) is 24.3 Å². The minimum atomic E-state index is -0.974. The number of nitrogens with one attached hydrogen (secondary N) is 2. The lowest BCUT2D eigenvalue weighted by molar-refractivity contribution is -0.127. The fourth-order valence-electron chi connectivity index (χ4n) is 3.16. The first-order valence-electron chi connectivity index (χ1n) is 9.72. The lowest BCUT2D eigenvalue weighted by Crippen LogP contribution is -2.39. The highest BCUT2D eigenvalue weighted by Gasteiger charge is 2.24. The summed E-state index contributed by atoms with van der Waals surface area (Å²) in [7, 11) is 0. The molecule has 0 aliphatic carbocycles. The van der Waals surface area contributed by atoms with Crippen molar-refractivity contribution in [3.8, 4) is 5.75 Å². The lowest BCUT2D eigenvalue weighted by Gasteiger charge is -2.21. The second kappa shape index (κ2) is 10.1. The number of phenolic OH excluding ortho intramolecular Hbond substituents is 1. The molecule has 2 unspecified atom stereocenters. The normalized spacial score (nSPS) is 12.4. The van der Waals surface area contributed by atoms with Crippen LogP contribution in [-0.4, -0.2) is 22.8 Å². The van der Waals surface area contributed by atoms with Crippen LogP contribution in [0.5, 0.6) is 5.75 Å². The maximum atomic E-state index is 12.8. The smallest absolute Gasteiger partial charge is 0.251 e. The van der Waals surface area contributed by atoms with Crippen molar-refractivity contribution in [3.63, 3.8) is 0 Å². The van der Waals surface area contributed by atoms with Crippen molar-refractivity contribution in [1.29, 1.82) is 0 Å². The lowest BCUT2D eigenvalue weighted by atomic mass is 10.0. The van der Waals surface area contributed by atoms with Gasteiger partial charge in [-0.25, -0.2) is 0 Å². The molecule has 3 aromatic carbocycles. The Kier molecular flexibility index (Phi) is 7.01. The van der Waals surface area contributed by atoms with E-state index in [2.05, 4.69) is 10.6 Å². The van der Waals surface area contributed by atoms with Gasteiger partial charge in [0, 0.05) is 5.56 Å². The summed E-state index contributed by atoms with van der Waals surface area (Å²) in [5.74, 6) is -1.46. The Bertz CT molecular complexity index is 1040. The van der Waals surface area contributed by atoms with Crippen LogP contribution in [0.15, 0.2) is 84.9 Å². The molecule has 0 radical (unpaired) electrons. The standard InChI is InChI=1S/C24H23N3O4/c25-23(30)22(17-9-5-2-6-10-17)27-21(29)15-20(16-7-3-1-4-8-16)26-24(31)18-11-13-19(28)14-12-18/h1-14,20,22,28H,15H2,(H2,25,30)(H,26,31)(H,27,29). The predicted octanol–water partition coefficient (Wildman–Crippen LogP) is 2.60. The maximum absolute atomic E-state index is 12.8. The molecule has 0 saturated carbocycles. The van der Waals surface area contributed by atoms with E-state index in [0.717, 1.165) is 5.56 Å². The van der Waals surface area contributed by atoms with Crippen LogP contribution in [-0.2, 0) is 9.59 Å². The number of nitrogens with two attached hydrogens (primary N) is 1. The van der Waals surface area contributed by atoms with Gasteiger partial charge in [-0.1, -0.05) is 60.7 Å². The second-order valence-electron chi connectivity index (χ2n) is 7.00. The highest BCUT2D eigenvalue weighted by Crippen LogP contribution is 2.20. The van der Waals surface area contributed by atoms with Crippen LogP contribution >= 0.6 is 0 Å². The van der Waals surface area contributed by atoms with Gasteiger partial charge in [0.1, 0.15) is 11.8 Å². The van der Waals surface area contributed by atoms with Crippen molar-refractivity contribution in [1.82, 2.24) is 10.6 Å². The molecule has 3 amide bonds. The van der Waals surface area contributed by atoms with Crippen LogP contribution in [0.25, 0.3) is 0 Å². The van der Waals surface area contributed by atoms with Gasteiger partial charge < -0.3 is 21.5 Å². The first kappa shape index (κ1) is 21.6. The quantitative estimate of drug-likeness (QED) is 0.450. The number of benzene rings is 3. The van der Waals surface area contributed by atoms with E-state index in [-0.39, 0.29) is 12.2 Å². The summed E-state index contributed by atoms with van der Waals surface area (Å²) in [6.07, 6.45) is -0.0928. The molecule has 31 heavy (non-hydrogen) atoms. The van der Waals surface area contributed by atoms with Crippen LogP contribution in [0.1, 0.15) is 40.0 Å². The van der Waals surface area contributed by atoms with Gasteiger partial charge in [0.15, 0.2) is 0 Å². The van der Waals surface area contributed by atoms with Crippen LogP contribution in [0, 0.1) is 0 Å². The molecular formula is C24H23N3O4. The number of hydrogen-bond acceptors (Lipinski definition) is 4. The van der Waals surface area contributed by atoms with E-state index < -0.39 is 29.8 Å². The van der Waals surface area contributed by atoms with E-state index in [1.54, 1.807) is 42.5 Å². The highest BCUT2D eigenvalue weighted by atomic mass is 16.3. The molecule has 0 spiro atoms. The molecule has 0 aliphatic rings. The number of rotatable bonds is 8. The number of primary amides is 1. The Morgan fingerprint density at radius 2 is 1.32 bits per heavy atom. The third-order valence-corrected chi connectivity index (χ3v) is 4.75. The largest absolute Gasteiger partial charge is 0.508 e. The molecule has 7 heteroatoms. The zero-order chi connectivity index (χ0) is 22.2. The molecule has 3 aromatic rings. The molecule has 0 bridgehead atoms. The van der Waals surface area contributed by atoms with Gasteiger partial charge >= 0.3 is 0 Å². The molecule has 0 fully saturated rings. The Morgan fingerprint density at radius 1 is 0.774 bits per heavy atom. The predicted molar refractivity (Wildman–Crippen MR) is 116 cm³/mol. The van der Waals surface area contributed by atoms with E-state index in [9.17, 15) is 19.5 Å². The fraction of sp³-hybridized carbons (Fsp3) is 0.125. The monoisotopic (exact) mass is 417 g/mol. The molecule has 3 rings (SSSR count). The minimum Gasteiger partial charge on any atom is -0.508 e. The summed E-state index contributed by atoms with van der Waals surface area (Å²) in [6.45, 7) is 0. The third kappa shape index (κ3) is 5.93. The summed E-state index contributed by atoms with van der Waals surface area (Å²) in [5.41, 5.74) is 7.14. The van der Waals surface area contributed by atoms with Crippen molar-refractivity contribution < 1.29 is 19.5 Å². The Morgan fingerprint density at radius 3 is 1.87 bits per heavy atom. The van der Waals surface area contributed by atoms with E-state index in [1.807, 2.05) is 18.2 Å². The van der Waals surface area contributed by atoms with Gasteiger partial charge in [0.25, 0.3) is 5.91 Å². The van der Waals surface area contributed by atoms with Crippen LogP contribution in [0.3, 0.4) is 0 Å². The van der Waals surface area contributed by atoms with Gasteiger partial charge in [0.05, 0.1) is 12.5 Å². The summed E-state index contributed by atoms with van der Waals surface area (Å²) >= 11 is 0. The number of amides is 3. The molecule has 0 aromatic heterocycles. The van der Waals surface area contributed by atoms with Gasteiger partial charge in [-0.15, -0.1) is 0 Å². The number of carbonyl (C=O) groups is 3. The molecular weight excluding hydrogens is 394 g/mol. The van der Waals surface area contributed by atoms with Gasteiger partial charge in [-0.3, -0.25) is 14.4 Å². The number of phenols is 1. The summed E-state index contributed by atoms with van der Waals surface area (Å²) in [6, 6.07) is 22.0. The van der Waals surface area contributed by atoms with E-state index in [0.29, 0.717) is 11.1 Å². The van der Waals surface area contributed by atoms with Crippen LogP contribution in [0.4, 0.5) is 0 Å². The number of aromatic hydroxyl groups is 1. The second-order valence-corrected chi connectivity index (χ2v) is 7.00. The molecule has 0 aliphatic heterocycles. The molecule has 5 N–H and O–H groups in total. The van der Waals surface area contributed by atoms with E-state index in [4.69, 9.17) is 5.73 Å². The first-order chi connectivity index (χ1) is 14.9. The Hall–Kier alpha value is -4.13. The highest BCUT2D eigenvalue weighted by molar-refractivity contribution is 5.95. The molecule has 2 atom stereocenters. The molecule has 7 nitrogen and oxygen atoms in total. The average molecular weight is 417 g/mol. The Labute approximate surface area is 179 Å². The van der Waals surface area contributed by atoms with E-state index >= 15 is 0 Å². The first-order valence-corrected chi connectivity index (χ1v) is 9.72. The zero-order valence-electron chi connectivity index (χ0n) is 16.7. The van der Waals surface area contributed by atoms with Gasteiger partial charge in [-0.2, -0.15) is 0 Å². The molecule has 158 valence electrons. The SMILES string of the molecule is NC(=O)C(NC(=O)CC(NC(=O)c1ccc(O)cc1)c1ccccc1)c1ccccc1. The van der Waals surface area contributed by atoms with Crippen molar-refractivity contribution in [2.75, 3.05) is 0 Å². The fourth-order valence-corrected chi connectivity index (χ4v) is 3.16. The molecule has 0 saturated heterocycles. The topological polar surface area (TPSA) is 122 Å². The average Bonchev–Trinajstić information content (AvgIpc) is 2.78.